The van der Waals surface area contributed by atoms with Gasteiger partial charge in [-0.2, -0.15) is 10.2 Å². The van der Waals surface area contributed by atoms with E-state index >= 15 is 0 Å². The van der Waals surface area contributed by atoms with E-state index in [9.17, 15) is 9.59 Å². The van der Waals surface area contributed by atoms with Crippen LogP contribution in [-0.4, -0.2) is 25.3 Å². The lowest BCUT2D eigenvalue weighted by molar-refractivity contribution is -0.118. The fourth-order valence-electron chi connectivity index (χ4n) is 3.39. The molecule has 0 aliphatic rings. The highest BCUT2D eigenvalue weighted by Crippen LogP contribution is 2.34. The fourth-order valence-corrected chi connectivity index (χ4v) is 3.39. The third-order valence-electron chi connectivity index (χ3n) is 5.04. The van der Waals surface area contributed by atoms with Gasteiger partial charge in [0.2, 0.25) is 5.91 Å². The van der Waals surface area contributed by atoms with E-state index in [1.165, 1.54) is 10.7 Å². The van der Waals surface area contributed by atoms with Crippen LogP contribution in [0.2, 0.25) is 0 Å². The van der Waals surface area contributed by atoms with Crippen LogP contribution >= 0.6 is 0 Å². The highest BCUT2D eigenvalue weighted by molar-refractivity contribution is 5.95. The number of nitrogens with zero attached hydrogens (tertiary/aromatic N) is 4. The zero-order valence-corrected chi connectivity index (χ0v) is 18.0. The Labute approximate surface area is 180 Å². The van der Waals surface area contributed by atoms with Crippen molar-refractivity contribution < 1.29 is 4.79 Å². The number of hydrogen-bond acceptors (Lipinski definition) is 4. The van der Waals surface area contributed by atoms with Crippen LogP contribution in [0.4, 0.5) is 5.69 Å². The van der Waals surface area contributed by atoms with E-state index in [-0.39, 0.29) is 23.4 Å². The molecule has 1 N–H and O–H groups in total. The largest absolute Gasteiger partial charge is 0.326 e. The zero-order valence-electron chi connectivity index (χ0n) is 18.0. The number of aromatic nitrogens is 4. The fraction of sp³-hybridized carbons (Fsp3) is 0.250. The van der Waals surface area contributed by atoms with Crippen LogP contribution in [0.3, 0.4) is 0 Å². The van der Waals surface area contributed by atoms with Crippen LogP contribution in [0.1, 0.15) is 33.7 Å². The van der Waals surface area contributed by atoms with Gasteiger partial charge in [0, 0.05) is 29.4 Å². The maximum absolute atomic E-state index is 12.3. The topological polar surface area (TPSA) is 81.3 Å². The average Bonchev–Trinajstić information content (AvgIpc) is 3.13. The number of benzene rings is 1. The van der Waals surface area contributed by atoms with Crippen LogP contribution in [0.15, 0.2) is 65.6 Å². The van der Waals surface area contributed by atoms with Crippen molar-refractivity contribution in [3.05, 3.63) is 71.1 Å². The summed E-state index contributed by atoms with van der Waals surface area (Å²) >= 11 is 0. The predicted octanol–water partition coefficient (Wildman–Crippen LogP) is 4.40. The summed E-state index contributed by atoms with van der Waals surface area (Å²) in [5.41, 5.74) is 4.48. The molecule has 4 rings (SSSR count). The van der Waals surface area contributed by atoms with Gasteiger partial charge >= 0.3 is 0 Å². The Morgan fingerprint density at radius 3 is 2.39 bits per heavy atom. The van der Waals surface area contributed by atoms with Crippen LogP contribution in [-0.2, 0) is 4.79 Å². The highest BCUT2D eigenvalue weighted by atomic mass is 16.2. The number of rotatable bonds is 5. The van der Waals surface area contributed by atoms with Crippen molar-refractivity contribution in [2.45, 2.75) is 33.7 Å². The molecule has 0 saturated heterocycles. The van der Waals surface area contributed by atoms with Gasteiger partial charge in [-0.15, -0.1) is 0 Å². The second-order valence-corrected chi connectivity index (χ2v) is 8.07. The van der Waals surface area contributed by atoms with Crippen LogP contribution in [0.5, 0.6) is 0 Å². The molecule has 31 heavy (non-hydrogen) atoms. The Hall–Kier alpha value is -3.74. The first-order valence-corrected chi connectivity index (χ1v) is 10.3. The average molecular weight is 415 g/mol. The molecule has 1 aromatic carbocycles. The molecule has 0 radical (unpaired) electrons. The third kappa shape index (κ3) is 3.99. The summed E-state index contributed by atoms with van der Waals surface area (Å²) in [5, 5.41) is 12.4. The standard InChI is InChI=1S/C24H25N5O2/c1-15(2)24(31)25-18-12-13-28-20(14-18)22(23(27-28)17-8-6-5-7-9-17)19-10-11-21(30)29(26-19)16(3)4/h5-16H,1-4H3,(H,25,31). The summed E-state index contributed by atoms with van der Waals surface area (Å²) in [7, 11) is 0. The first kappa shape index (κ1) is 20.5. The lowest BCUT2D eigenvalue weighted by Crippen LogP contribution is -2.23. The van der Waals surface area contributed by atoms with Crippen molar-refractivity contribution >= 4 is 17.1 Å². The summed E-state index contributed by atoms with van der Waals surface area (Å²) in [4.78, 5) is 24.5. The van der Waals surface area contributed by atoms with Crippen molar-refractivity contribution in [3.8, 4) is 22.5 Å². The molecule has 158 valence electrons. The summed E-state index contributed by atoms with van der Waals surface area (Å²) in [6.07, 6.45) is 1.82. The van der Waals surface area contributed by atoms with Crippen LogP contribution < -0.4 is 10.9 Å². The van der Waals surface area contributed by atoms with Crippen LogP contribution in [0.25, 0.3) is 28.0 Å². The van der Waals surface area contributed by atoms with Gasteiger partial charge in [-0.25, -0.2) is 9.20 Å². The van der Waals surface area contributed by atoms with Crippen molar-refractivity contribution in [3.63, 3.8) is 0 Å². The number of amides is 1. The van der Waals surface area contributed by atoms with Gasteiger partial charge < -0.3 is 5.32 Å². The molecule has 0 atom stereocenters. The molecule has 0 aliphatic heterocycles. The predicted molar refractivity (Wildman–Crippen MR) is 122 cm³/mol. The van der Waals surface area contributed by atoms with E-state index in [1.807, 2.05) is 76.4 Å². The van der Waals surface area contributed by atoms with Gasteiger partial charge in [-0.1, -0.05) is 44.2 Å². The van der Waals surface area contributed by atoms with Crippen molar-refractivity contribution in [1.82, 2.24) is 19.4 Å². The van der Waals surface area contributed by atoms with Crippen molar-refractivity contribution in [2.24, 2.45) is 5.92 Å². The summed E-state index contributed by atoms with van der Waals surface area (Å²) < 4.78 is 3.24. The van der Waals surface area contributed by atoms with Crippen molar-refractivity contribution in [2.75, 3.05) is 5.32 Å². The maximum atomic E-state index is 12.3. The number of nitrogens with one attached hydrogen (secondary N) is 1. The van der Waals surface area contributed by atoms with E-state index in [1.54, 1.807) is 10.6 Å². The minimum Gasteiger partial charge on any atom is -0.326 e. The van der Waals surface area contributed by atoms with E-state index in [0.717, 1.165) is 22.3 Å². The maximum Gasteiger partial charge on any atom is 0.267 e. The Bertz CT molecular complexity index is 1300. The molecule has 0 aliphatic carbocycles. The van der Waals surface area contributed by atoms with Crippen LogP contribution in [0, 0.1) is 5.92 Å². The zero-order chi connectivity index (χ0) is 22.1. The monoisotopic (exact) mass is 415 g/mol. The number of pyridine rings is 1. The Morgan fingerprint density at radius 2 is 1.71 bits per heavy atom. The lowest BCUT2D eigenvalue weighted by Gasteiger charge is -2.11. The molecule has 3 aromatic heterocycles. The number of hydrogen-bond donors (Lipinski definition) is 1. The second kappa shape index (κ2) is 8.18. The molecule has 0 bridgehead atoms. The minimum atomic E-state index is -0.152. The molecule has 0 saturated carbocycles. The van der Waals surface area contributed by atoms with Gasteiger partial charge in [0.25, 0.3) is 5.56 Å². The molecule has 0 fully saturated rings. The molecule has 0 spiro atoms. The molecule has 3 heterocycles. The second-order valence-electron chi connectivity index (χ2n) is 8.07. The van der Waals surface area contributed by atoms with E-state index in [0.29, 0.717) is 11.4 Å². The Morgan fingerprint density at radius 1 is 0.968 bits per heavy atom. The molecular formula is C24H25N5O2. The smallest absolute Gasteiger partial charge is 0.267 e. The summed E-state index contributed by atoms with van der Waals surface area (Å²) in [6, 6.07) is 16.7. The molecule has 0 unspecified atom stereocenters. The number of anilines is 1. The molecule has 7 heteroatoms. The van der Waals surface area contributed by atoms with Gasteiger partial charge in [0.15, 0.2) is 0 Å². The van der Waals surface area contributed by atoms with E-state index in [4.69, 9.17) is 5.10 Å². The lowest BCUT2D eigenvalue weighted by atomic mass is 10.0. The normalized spacial score (nSPS) is 11.4. The first-order chi connectivity index (χ1) is 14.8. The minimum absolute atomic E-state index is 0.0554. The van der Waals surface area contributed by atoms with Gasteiger partial charge in [0.1, 0.15) is 5.69 Å². The Kier molecular flexibility index (Phi) is 5.42. The van der Waals surface area contributed by atoms with Gasteiger partial charge in [0.05, 0.1) is 22.8 Å². The van der Waals surface area contributed by atoms with E-state index < -0.39 is 0 Å². The quantitative estimate of drug-likeness (QED) is 0.524. The SMILES string of the molecule is CC(C)C(=O)Nc1ccn2nc(-c3ccccc3)c(-c3ccc(=O)n(C(C)C)n3)c2c1. The first-order valence-electron chi connectivity index (χ1n) is 10.3. The third-order valence-corrected chi connectivity index (χ3v) is 5.04. The molecule has 4 aromatic rings. The Balaban J connectivity index is 1.97. The van der Waals surface area contributed by atoms with E-state index in [2.05, 4.69) is 10.4 Å². The number of carbonyl (C=O) groups excluding carboxylic acids is 1. The number of fused-ring (bicyclic) bond motifs is 1. The number of carbonyl (C=O) groups is 1. The molecule has 7 nitrogen and oxygen atoms in total. The highest BCUT2D eigenvalue weighted by Gasteiger charge is 2.20. The molecular weight excluding hydrogens is 390 g/mol. The summed E-state index contributed by atoms with van der Waals surface area (Å²) in [6.45, 7) is 7.55. The molecule has 1 amide bonds. The van der Waals surface area contributed by atoms with Gasteiger partial charge in [-0.05, 0) is 32.0 Å². The van der Waals surface area contributed by atoms with Gasteiger partial charge in [-0.3, -0.25) is 9.59 Å². The summed E-state index contributed by atoms with van der Waals surface area (Å²) in [5.74, 6) is -0.183. The van der Waals surface area contributed by atoms with Crippen molar-refractivity contribution in [1.29, 1.82) is 0 Å².